The van der Waals surface area contributed by atoms with Gasteiger partial charge in [0.1, 0.15) is 17.3 Å². The topological polar surface area (TPSA) is 44.9 Å². The third-order valence-corrected chi connectivity index (χ3v) is 11.4. The van der Waals surface area contributed by atoms with Crippen LogP contribution < -0.4 is 4.74 Å². The van der Waals surface area contributed by atoms with E-state index in [4.69, 9.17) is 14.8 Å². The van der Waals surface area contributed by atoms with Crippen molar-refractivity contribution in [1.82, 2.24) is 19.3 Å². The number of para-hydroxylation sites is 1. The third-order valence-electron chi connectivity index (χ3n) is 11.4. The van der Waals surface area contributed by atoms with Gasteiger partial charge in [-0.1, -0.05) is 84.7 Å². The van der Waals surface area contributed by atoms with E-state index in [1.165, 1.54) is 64.4 Å². The van der Waals surface area contributed by atoms with Crippen molar-refractivity contribution >= 4 is 21.8 Å². The Balaban J connectivity index is 1.35. The van der Waals surface area contributed by atoms with Crippen LogP contribution in [0, 0.1) is 18.8 Å². The monoisotopic (exact) mass is 706 g/mol. The molecule has 0 amide bonds. The van der Waals surface area contributed by atoms with Crippen molar-refractivity contribution in [3.63, 3.8) is 0 Å². The van der Waals surface area contributed by atoms with Crippen LogP contribution in [0.4, 0.5) is 0 Å². The van der Waals surface area contributed by atoms with Crippen molar-refractivity contribution in [2.24, 2.45) is 11.8 Å². The number of rotatable bonds is 11. The summed E-state index contributed by atoms with van der Waals surface area (Å²) in [5.41, 5.74) is 11.2. The molecular weight excluding hydrogens is 649 g/mol. The van der Waals surface area contributed by atoms with Crippen LogP contribution in [-0.2, 0) is 18.3 Å². The minimum Gasteiger partial charge on any atom is -0.457 e. The van der Waals surface area contributed by atoms with Crippen LogP contribution >= 0.6 is 0 Å². The maximum atomic E-state index is 6.89. The van der Waals surface area contributed by atoms with Crippen LogP contribution in [0.2, 0.25) is 0 Å². The maximum absolute atomic E-state index is 6.89. The molecule has 3 aromatic heterocycles. The first-order valence-corrected chi connectivity index (χ1v) is 20.0. The lowest BCUT2D eigenvalue weighted by molar-refractivity contribution is 0.445. The highest BCUT2D eigenvalue weighted by Crippen LogP contribution is 2.43. The molecule has 3 heterocycles. The molecule has 0 N–H and O–H groups in total. The molecule has 6 aromatic rings. The summed E-state index contributed by atoms with van der Waals surface area (Å²) in [7, 11) is 0. The molecule has 0 saturated carbocycles. The lowest BCUT2D eigenvalue weighted by atomic mass is 9.75. The van der Waals surface area contributed by atoms with Gasteiger partial charge in [0.25, 0.3) is 0 Å². The van der Waals surface area contributed by atoms with Crippen molar-refractivity contribution in [2.45, 2.75) is 119 Å². The Bertz CT molecular complexity index is 2280. The molecule has 0 bridgehead atoms. The number of unbranched alkanes of at least 4 members (excludes halogenated alkanes) is 1. The SMILES string of the molecule is CCCCc1ccnc(-n2c3ccccc3c3ccc(Oc4cc(-n5nc(C)c([C@H]6C(C)=CCC[C@@H]6C)c5CCC(C)C)cc(C(C)(C)C)c4)cc32)c1. The Hall–Kier alpha value is -4.64. The number of nitrogens with zero attached hydrogens (tertiary/aromatic N) is 4. The highest BCUT2D eigenvalue weighted by atomic mass is 16.5. The van der Waals surface area contributed by atoms with Crippen molar-refractivity contribution in [1.29, 1.82) is 0 Å². The van der Waals surface area contributed by atoms with E-state index in [1.54, 1.807) is 0 Å². The lowest BCUT2D eigenvalue weighted by Crippen LogP contribution is -2.18. The first-order chi connectivity index (χ1) is 25.4. The number of hydrogen-bond acceptors (Lipinski definition) is 3. The summed E-state index contributed by atoms with van der Waals surface area (Å²) in [6, 6.07) is 26.2. The van der Waals surface area contributed by atoms with Gasteiger partial charge in [0.05, 0.1) is 22.4 Å². The molecule has 1 aliphatic rings. The standard InChI is InChI=1S/C48H58N4O/c1-10-11-17-35-24-25-49-45(26-35)51-42-19-13-12-18-40(42)41-22-21-38(30-44(41)51)53-39-28-36(48(7,8)9)27-37(29-39)52-43(23-20-31(2)3)47(34(6)50-52)46-32(4)15-14-16-33(46)5/h12-13,15,18-19,21-22,24-31,33,46H,10-11,14,16-17,20,23H2,1-9H3/t33-,46-/m0/s1. The summed E-state index contributed by atoms with van der Waals surface area (Å²) in [5, 5.41) is 7.73. The molecule has 3 aromatic carbocycles. The molecule has 0 radical (unpaired) electrons. The highest BCUT2D eigenvalue weighted by Gasteiger charge is 2.31. The number of pyridine rings is 1. The fourth-order valence-electron chi connectivity index (χ4n) is 8.41. The van der Waals surface area contributed by atoms with Gasteiger partial charge in [0.15, 0.2) is 0 Å². The highest BCUT2D eigenvalue weighted by molar-refractivity contribution is 6.09. The van der Waals surface area contributed by atoms with Gasteiger partial charge >= 0.3 is 0 Å². The summed E-state index contributed by atoms with van der Waals surface area (Å²) in [6.07, 6.45) is 12.3. The van der Waals surface area contributed by atoms with Crippen molar-refractivity contribution in [3.8, 4) is 23.0 Å². The molecule has 5 heteroatoms. The van der Waals surface area contributed by atoms with Crippen molar-refractivity contribution in [3.05, 3.63) is 119 Å². The predicted octanol–water partition coefficient (Wildman–Crippen LogP) is 13.2. The fourth-order valence-corrected chi connectivity index (χ4v) is 8.41. The van der Waals surface area contributed by atoms with Gasteiger partial charge in [-0.15, -0.1) is 0 Å². The second-order valence-corrected chi connectivity index (χ2v) is 17.0. The summed E-state index contributed by atoms with van der Waals surface area (Å²) >= 11 is 0. The van der Waals surface area contributed by atoms with E-state index < -0.39 is 0 Å². The Labute approximate surface area is 317 Å². The first kappa shape index (κ1) is 36.7. The maximum Gasteiger partial charge on any atom is 0.137 e. The van der Waals surface area contributed by atoms with Crippen LogP contribution in [0.3, 0.4) is 0 Å². The van der Waals surface area contributed by atoms with Crippen LogP contribution in [0.15, 0.2) is 90.6 Å². The Kier molecular flexibility index (Phi) is 10.4. The Morgan fingerprint density at radius 1 is 0.887 bits per heavy atom. The second-order valence-electron chi connectivity index (χ2n) is 17.0. The van der Waals surface area contributed by atoms with Gasteiger partial charge < -0.3 is 4.74 Å². The zero-order valence-electron chi connectivity index (χ0n) is 33.5. The molecule has 0 unspecified atom stereocenters. The van der Waals surface area contributed by atoms with Gasteiger partial charge in [-0.05, 0) is 123 Å². The minimum absolute atomic E-state index is 0.0840. The minimum atomic E-state index is -0.0840. The van der Waals surface area contributed by atoms with E-state index >= 15 is 0 Å². The predicted molar refractivity (Wildman–Crippen MR) is 222 cm³/mol. The molecule has 53 heavy (non-hydrogen) atoms. The molecule has 0 saturated heterocycles. The van der Waals surface area contributed by atoms with Gasteiger partial charge in [-0.25, -0.2) is 9.67 Å². The van der Waals surface area contributed by atoms with E-state index in [0.717, 1.165) is 59.0 Å². The van der Waals surface area contributed by atoms with Crippen LogP contribution in [-0.4, -0.2) is 19.3 Å². The molecule has 0 spiro atoms. The van der Waals surface area contributed by atoms with Gasteiger partial charge in [0.2, 0.25) is 0 Å². The molecule has 1 aliphatic carbocycles. The van der Waals surface area contributed by atoms with E-state index in [2.05, 4.69) is 150 Å². The average molecular weight is 707 g/mol. The van der Waals surface area contributed by atoms with Crippen LogP contribution in [0.5, 0.6) is 11.5 Å². The molecule has 0 fully saturated rings. The molecule has 0 aliphatic heterocycles. The Morgan fingerprint density at radius 2 is 1.68 bits per heavy atom. The summed E-state index contributed by atoms with van der Waals surface area (Å²) in [4.78, 5) is 4.88. The number of benzene rings is 3. The quantitative estimate of drug-likeness (QED) is 0.126. The van der Waals surface area contributed by atoms with E-state index in [-0.39, 0.29) is 5.41 Å². The zero-order chi connectivity index (χ0) is 37.4. The van der Waals surface area contributed by atoms with Crippen LogP contribution in [0.1, 0.15) is 121 Å². The number of aryl methyl sites for hydroxylation is 2. The number of aromatic nitrogens is 4. The molecule has 5 nitrogen and oxygen atoms in total. The molecule has 2 atom stereocenters. The normalized spacial score (nSPS) is 16.5. The molecule has 276 valence electrons. The first-order valence-electron chi connectivity index (χ1n) is 20.0. The smallest absolute Gasteiger partial charge is 0.137 e. The number of allylic oxidation sites excluding steroid dienone is 2. The number of ether oxygens (including phenoxy) is 1. The van der Waals surface area contributed by atoms with Crippen molar-refractivity contribution < 1.29 is 4.74 Å². The molecule has 7 rings (SSSR count). The van der Waals surface area contributed by atoms with Gasteiger partial charge in [-0.2, -0.15) is 5.10 Å². The van der Waals surface area contributed by atoms with E-state index in [0.29, 0.717) is 17.8 Å². The summed E-state index contributed by atoms with van der Waals surface area (Å²) < 4.78 is 11.4. The van der Waals surface area contributed by atoms with Gasteiger partial charge in [-0.3, -0.25) is 4.57 Å². The average Bonchev–Trinajstić information content (AvgIpc) is 3.63. The van der Waals surface area contributed by atoms with E-state index in [9.17, 15) is 0 Å². The summed E-state index contributed by atoms with van der Waals surface area (Å²) in [5.74, 6) is 4.16. The summed E-state index contributed by atoms with van der Waals surface area (Å²) in [6.45, 7) is 20.7. The number of hydrogen-bond donors (Lipinski definition) is 0. The van der Waals surface area contributed by atoms with Gasteiger partial charge in [0, 0.05) is 46.3 Å². The second kappa shape index (κ2) is 15.0. The molecular formula is C48H58N4O. The van der Waals surface area contributed by atoms with Crippen molar-refractivity contribution in [2.75, 3.05) is 0 Å². The lowest BCUT2D eigenvalue weighted by Gasteiger charge is -2.30. The number of fused-ring (bicyclic) bond motifs is 3. The van der Waals surface area contributed by atoms with Crippen LogP contribution in [0.25, 0.3) is 33.3 Å². The largest absolute Gasteiger partial charge is 0.457 e. The Morgan fingerprint density at radius 3 is 2.43 bits per heavy atom. The third kappa shape index (κ3) is 7.45. The van der Waals surface area contributed by atoms with E-state index in [1.807, 2.05) is 6.20 Å². The fraction of sp³-hybridized carbons (Fsp3) is 0.417. The zero-order valence-corrected chi connectivity index (χ0v) is 33.5.